The number of aliphatic imine (C=N–C) groups is 1. The first kappa shape index (κ1) is 22.8. The smallest absolute Gasteiger partial charge is 0.308 e. The molecule has 6 N–H and O–H groups in total. The average molecular weight is 433 g/mol. The first-order chi connectivity index (χ1) is 14.0. The van der Waals surface area contributed by atoms with Crippen molar-refractivity contribution in [2.45, 2.75) is 32.8 Å². The van der Waals surface area contributed by atoms with Crippen LogP contribution in [0, 0.1) is 0 Å². The van der Waals surface area contributed by atoms with Gasteiger partial charge in [0.1, 0.15) is 11.3 Å². The topological polar surface area (TPSA) is 162 Å². The number of anilines is 1. The number of rotatable bonds is 7. The third-order valence-electron chi connectivity index (χ3n) is 3.37. The van der Waals surface area contributed by atoms with E-state index < -0.39 is 17.5 Å². The summed E-state index contributed by atoms with van der Waals surface area (Å²) in [7, 11) is 0. The molecule has 0 unspecified atom stereocenters. The normalized spacial score (nSPS) is 10.8. The summed E-state index contributed by atoms with van der Waals surface area (Å²) in [5.41, 5.74) is 10.9. The van der Waals surface area contributed by atoms with Gasteiger partial charge in [0.15, 0.2) is 5.96 Å². The van der Waals surface area contributed by atoms with Crippen LogP contribution in [0.15, 0.2) is 34.6 Å². The van der Waals surface area contributed by atoms with Gasteiger partial charge in [0.25, 0.3) is 11.8 Å². The van der Waals surface area contributed by atoms with Gasteiger partial charge in [-0.3, -0.25) is 14.4 Å². The largest absolute Gasteiger partial charge is 0.460 e. The standard InChI is InChI=1S/C19H24N6O4S/c1-19(2,3)29-14(26)7-8-22-15(27)11-5-4-6-12(9-11)23-16(28)13-10-30-18(24-13)25-17(20)21/h4-6,9-10H,7-8H2,1-3H3,(H,22,27)(H,23,28)(H4,20,21,24,25). The van der Waals surface area contributed by atoms with Crippen molar-refractivity contribution in [2.75, 3.05) is 11.9 Å². The molecule has 1 aromatic carbocycles. The van der Waals surface area contributed by atoms with Crippen LogP contribution in [0.4, 0.5) is 10.8 Å². The van der Waals surface area contributed by atoms with Crippen LogP contribution in [-0.4, -0.2) is 40.9 Å². The number of carbonyl (C=O) groups is 3. The molecule has 1 aromatic heterocycles. The number of hydrogen-bond acceptors (Lipinski definition) is 7. The molecule has 0 spiro atoms. The number of aromatic nitrogens is 1. The molecule has 2 rings (SSSR count). The average Bonchev–Trinajstić information content (AvgIpc) is 3.08. The highest BCUT2D eigenvalue weighted by Crippen LogP contribution is 2.20. The number of thiazole rings is 1. The fraction of sp³-hybridized carbons (Fsp3) is 0.316. The van der Waals surface area contributed by atoms with E-state index >= 15 is 0 Å². The lowest BCUT2D eigenvalue weighted by atomic mass is 10.2. The Morgan fingerprint density at radius 1 is 1.20 bits per heavy atom. The predicted molar refractivity (Wildman–Crippen MR) is 115 cm³/mol. The Labute approximate surface area is 177 Å². The van der Waals surface area contributed by atoms with E-state index in [4.69, 9.17) is 16.2 Å². The van der Waals surface area contributed by atoms with Gasteiger partial charge in [-0.25, -0.2) is 4.98 Å². The first-order valence-electron chi connectivity index (χ1n) is 9.00. The molecule has 2 amide bonds. The highest BCUT2D eigenvalue weighted by Gasteiger charge is 2.16. The molecule has 2 aromatic rings. The molecule has 0 atom stereocenters. The van der Waals surface area contributed by atoms with E-state index in [2.05, 4.69) is 20.6 Å². The predicted octanol–water partition coefficient (Wildman–Crippen LogP) is 1.76. The monoisotopic (exact) mass is 432 g/mol. The lowest BCUT2D eigenvalue weighted by Gasteiger charge is -2.19. The summed E-state index contributed by atoms with van der Waals surface area (Å²) in [6.07, 6.45) is 0.0569. The van der Waals surface area contributed by atoms with E-state index in [0.29, 0.717) is 11.3 Å². The van der Waals surface area contributed by atoms with Gasteiger partial charge >= 0.3 is 5.97 Å². The molecule has 10 nitrogen and oxygen atoms in total. The summed E-state index contributed by atoms with van der Waals surface area (Å²) in [5.74, 6) is -1.39. The molecule has 0 aliphatic rings. The number of nitrogens with two attached hydrogens (primary N) is 2. The molecule has 160 valence electrons. The van der Waals surface area contributed by atoms with Gasteiger partial charge in [0.2, 0.25) is 5.13 Å². The zero-order valence-corrected chi connectivity index (χ0v) is 17.7. The molecule has 0 saturated heterocycles. The zero-order valence-electron chi connectivity index (χ0n) is 16.9. The maximum Gasteiger partial charge on any atom is 0.308 e. The Morgan fingerprint density at radius 3 is 2.60 bits per heavy atom. The van der Waals surface area contributed by atoms with Crippen molar-refractivity contribution in [2.24, 2.45) is 16.5 Å². The number of guanidine groups is 1. The zero-order chi connectivity index (χ0) is 22.3. The molecule has 1 heterocycles. The van der Waals surface area contributed by atoms with Crippen LogP contribution in [-0.2, 0) is 9.53 Å². The van der Waals surface area contributed by atoms with Crippen LogP contribution in [0.5, 0.6) is 0 Å². The SMILES string of the molecule is CC(C)(C)OC(=O)CCNC(=O)c1cccc(NC(=O)c2csc(N=C(N)N)n2)c1. The molecule has 30 heavy (non-hydrogen) atoms. The number of amides is 2. The molecule has 11 heteroatoms. The van der Waals surface area contributed by atoms with E-state index in [-0.39, 0.29) is 35.7 Å². The summed E-state index contributed by atoms with van der Waals surface area (Å²) in [6, 6.07) is 6.38. The summed E-state index contributed by atoms with van der Waals surface area (Å²) in [6.45, 7) is 5.46. The number of ether oxygens (including phenoxy) is 1. The number of carbonyl (C=O) groups excluding carboxylic acids is 3. The van der Waals surface area contributed by atoms with Gasteiger partial charge < -0.3 is 26.8 Å². The number of nitrogens with zero attached hydrogens (tertiary/aromatic N) is 2. The second-order valence-corrected chi connectivity index (χ2v) is 8.02. The Bertz CT molecular complexity index is 960. The minimum atomic E-state index is -0.574. The quantitative estimate of drug-likeness (QED) is 0.294. The van der Waals surface area contributed by atoms with Crippen molar-refractivity contribution in [1.82, 2.24) is 10.3 Å². The van der Waals surface area contributed by atoms with Gasteiger partial charge in [-0.1, -0.05) is 6.07 Å². The van der Waals surface area contributed by atoms with Gasteiger partial charge in [-0.15, -0.1) is 11.3 Å². The summed E-state index contributed by atoms with van der Waals surface area (Å²) in [5, 5.41) is 7.09. The van der Waals surface area contributed by atoms with E-state index in [1.165, 1.54) is 11.4 Å². The summed E-state index contributed by atoms with van der Waals surface area (Å²) >= 11 is 1.12. The van der Waals surface area contributed by atoms with Crippen LogP contribution in [0.2, 0.25) is 0 Å². The minimum Gasteiger partial charge on any atom is -0.460 e. The fourth-order valence-electron chi connectivity index (χ4n) is 2.24. The van der Waals surface area contributed by atoms with E-state index in [1.807, 2.05) is 0 Å². The number of esters is 1. The number of benzene rings is 1. The van der Waals surface area contributed by atoms with Crippen molar-refractivity contribution in [3.05, 3.63) is 40.9 Å². The third-order valence-corrected chi connectivity index (χ3v) is 4.10. The Balaban J connectivity index is 1.93. The fourth-order valence-corrected chi connectivity index (χ4v) is 2.92. The van der Waals surface area contributed by atoms with Crippen LogP contribution < -0.4 is 22.1 Å². The van der Waals surface area contributed by atoms with Gasteiger partial charge in [0, 0.05) is 23.2 Å². The van der Waals surface area contributed by atoms with Crippen LogP contribution in [0.1, 0.15) is 48.0 Å². The highest BCUT2D eigenvalue weighted by molar-refractivity contribution is 7.13. The molecule has 0 fully saturated rings. The highest BCUT2D eigenvalue weighted by atomic mass is 32.1. The van der Waals surface area contributed by atoms with Crippen LogP contribution >= 0.6 is 11.3 Å². The molecular weight excluding hydrogens is 408 g/mol. The van der Waals surface area contributed by atoms with Crippen molar-refractivity contribution in [3.63, 3.8) is 0 Å². The molecule has 0 aliphatic heterocycles. The Kier molecular flexibility index (Phi) is 7.48. The van der Waals surface area contributed by atoms with Crippen molar-refractivity contribution in [3.8, 4) is 0 Å². The van der Waals surface area contributed by atoms with E-state index in [1.54, 1.807) is 39.0 Å². The molecule has 0 aliphatic carbocycles. The van der Waals surface area contributed by atoms with Gasteiger partial charge in [0.05, 0.1) is 6.42 Å². The maximum atomic E-state index is 12.3. The van der Waals surface area contributed by atoms with E-state index in [9.17, 15) is 14.4 Å². The first-order valence-corrected chi connectivity index (χ1v) is 9.88. The van der Waals surface area contributed by atoms with Gasteiger partial charge in [-0.05, 0) is 39.0 Å². The molecule has 0 bridgehead atoms. The lowest BCUT2D eigenvalue weighted by Crippen LogP contribution is -2.29. The van der Waals surface area contributed by atoms with Crippen molar-refractivity contribution < 1.29 is 19.1 Å². The summed E-state index contributed by atoms with van der Waals surface area (Å²) < 4.78 is 5.19. The summed E-state index contributed by atoms with van der Waals surface area (Å²) in [4.78, 5) is 44.1. The molecular formula is C19H24N6O4S. The van der Waals surface area contributed by atoms with Crippen LogP contribution in [0.3, 0.4) is 0 Å². The lowest BCUT2D eigenvalue weighted by molar-refractivity contribution is -0.154. The van der Waals surface area contributed by atoms with Crippen molar-refractivity contribution in [1.29, 1.82) is 0 Å². The third kappa shape index (κ3) is 7.51. The number of hydrogen-bond donors (Lipinski definition) is 4. The molecule has 0 saturated carbocycles. The van der Waals surface area contributed by atoms with E-state index in [0.717, 1.165) is 11.3 Å². The van der Waals surface area contributed by atoms with Crippen LogP contribution in [0.25, 0.3) is 0 Å². The maximum absolute atomic E-state index is 12.3. The second kappa shape index (κ2) is 9.83. The second-order valence-electron chi connectivity index (χ2n) is 7.18. The van der Waals surface area contributed by atoms with Gasteiger partial charge in [-0.2, -0.15) is 4.99 Å². The number of nitrogens with one attached hydrogen (secondary N) is 2. The minimum absolute atomic E-state index is 0.0569. The Morgan fingerprint density at radius 2 is 1.93 bits per heavy atom. The Hall–Kier alpha value is -3.47. The van der Waals surface area contributed by atoms with Crippen molar-refractivity contribution >= 4 is 45.9 Å². The molecule has 0 radical (unpaired) electrons.